The van der Waals surface area contributed by atoms with Crippen molar-refractivity contribution in [1.82, 2.24) is 53.2 Å². The molecular weight excluding hydrogens is 1100 g/mol. The zero-order valence-electron chi connectivity index (χ0n) is 44.7. The summed E-state index contributed by atoms with van der Waals surface area (Å²) >= 11 is 0. The predicted molar refractivity (Wildman–Crippen MR) is 276 cm³/mol. The molecule has 10 amide bonds. The summed E-state index contributed by atoms with van der Waals surface area (Å²) in [6, 6.07) is -16.5. The maximum Gasteiger partial charge on any atom is 0.326 e. The van der Waals surface area contributed by atoms with Gasteiger partial charge in [0.1, 0.15) is 60.4 Å². The number of carbonyl (C=O) groups excluding carboxylic acids is 10. The number of carbonyl (C=O) groups is 16. The number of nitrogens with two attached hydrogens (primary N) is 2. The van der Waals surface area contributed by atoms with Crippen LogP contribution in [0.5, 0.6) is 0 Å². The van der Waals surface area contributed by atoms with Crippen LogP contribution in [0.2, 0.25) is 0 Å². The van der Waals surface area contributed by atoms with E-state index in [-0.39, 0.29) is 77.3 Å². The van der Waals surface area contributed by atoms with Crippen molar-refractivity contribution in [1.29, 1.82) is 0 Å². The summed E-state index contributed by atoms with van der Waals surface area (Å²) in [6.07, 6.45) is -5.75. The van der Waals surface area contributed by atoms with Gasteiger partial charge >= 0.3 is 35.8 Å². The van der Waals surface area contributed by atoms with E-state index in [9.17, 15) is 107 Å². The predicted octanol–water partition coefficient (Wildman–Crippen LogP) is -5.91. The van der Waals surface area contributed by atoms with Gasteiger partial charge in [0.15, 0.2) is 0 Å². The molecule has 0 unspecified atom stereocenters. The third-order valence-electron chi connectivity index (χ3n) is 12.8. The van der Waals surface area contributed by atoms with Gasteiger partial charge in [-0.05, 0) is 90.1 Å². The summed E-state index contributed by atoms with van der Waals surface area (Å²) < 4.78 is 0. The van der Waals surface area contributed by atoms with Crippen molar-refractivity contribution in [3.63, 3.8) is 0 Å². The molecule has 0 spiro atoms. The molecule has 2 rings (SSSR count). The monoisotopic (exact) mass is 1170 g/mol. The number of nitrogens with one attached hydrogen (secondary N) is 10. The molecule has 2 aliphatic rings. The zero-order chi connectivity index (χ0) is 61.6. The summed E-state index contributed by atoms with van der Waals surface area (Å²) in [5.74, 6) is -19.6. The van der Waals surface area contributed by atoms with E-state index >= 15 is 0 Å². The van der Waals surface area contributed by atoms with Crippen LogP contribution in [-0.4, -0.2) is 199 Å². The number of aliphatic carboxylic acids is 6. The second-order valence-electron chi connectivity index (χ2n) is 19.4. The highest BCUT2D eigenvalue weighted by Crippen LogP contribution is 2.14. The van der Waals surface area contributed by atoms with Crippen LogP contribution in [0, 0.1) is 0 Å². The topological polar surface area (TPSA) is 567 Å². The maximum absolute atomic E-state index is 14.0. The van der Waals surface area contributed by atoms with Gasteiger partial charge in [-0.15, -0.1) is 0 Å². The van der Waals surface area contributed by atoms with Gasteiger partial charge in [0.2, 0.25) is 59.1 Å². The lowest BCUT2D eigenvalue weighted by molar-refractivity contribution is -0.143. The largest absolute Gasteiger partial charge is 0.481 e. The highest BCUT2D eigenvalue weighted by Gasteiger charge is 2.37. The molecule has 0 aromatic heterocycles. The Hall–Kier alpha value is -8.56. The van der Waals surface area contributed by atoms with Crippen LogP contribution in [0.3, 0.4) is 0 Å². The van der Waals surface area contributed by atoms with Gasteiger partial charge in [-0.25, -0.2) is 9.59 Å². The fourth-order valence-corrected chi connectivity index (χ4v) is 8.38. The van der Waals surface area contributed by atoms with Crippen LogP contribution in [0.4, 0.5) is 0 Å². The summed E-state index contributed by atoms with van der Waals surface area (Å²) in [5.41, 5.74) is 11.1. The Balaban J connectivity index is 2.52. The normalized spacial score (nSPS) is 17.4. The second-order valence-corrected chi connectivity index (χ2v) is 19.4. The van der Waals surface area contributed by atoms with Crippen molar-refractivity contribution >= 4 is 94.9 Å². The fraction of sp³-hybridized carbons (Fsp3) is 0.667. The van der Waals surface area contributed by atoms with E-state index in [4.69, 9.17) is 11.5 Å². The van der Waals surface area contributed by atoms with Crippen LogP contribution >= 0.6 is 0 Å². The minimum Gasteiger partial charge on any atom is -0.481 e. The highest BCUT2D eigenvalue weighted by molar-refractivity contribution is 5.99. The van der Waals surface area contributed by atoms with Crippen molar-refractivity contribution in [3.8, 4) is 0 Å². The summed E-state index contributed by atoms with van der Waals surface area (Å²) in [5, 5.41) is 80.6. The van der Waals surface area contributed by atoms with Crippen LogP contribution in [0.1, 0.15) is 128 Å². The van der Waals surface area contributed by atoms with Gasteiger partial charge in [-0.3, -0.25) is 67.1 Å². The Bertz CT molecular complexity index is 2200. The van der Waals surface area contributed by atoms with Crippen LogP contribution < -0.4 is 64.6 Å². The molecule has 34 heteroatoms. The molecule has 0 bridgehead atoms. The van der Waals surface area contributed by atoms with E-state index in [2.05, 4.69) is 53.2 Å². The number of carboxylic acid groups (broad SMARTS) is 6. The third kappa shape index (κ3) is 26.1. The molecule has 2 fully saturated rings. The van der Waals surface area contributed by atoms with Gasteiger partial charge in [0.25, 0.3) is 0 Å². The van der Waals surface area contributed by atoms with E-state index < -0.39 is 207 Å². The lowest BCUT2D eigenvalue weighted by Crippen LogP contribution is -2.59. The average molecular weight is 1170 g/mol. The molecule has 0 aromatic rings. The Morgan fingerprint density at radius 1 is 0.378 bits per heavy atom. The Labute approximate surface area is 467 Å². The van der Waals surface area contributed by atoms with E-state index in [1.165, 1.54) is 0 Å². The number of rotatable bonds is 41. The van der Waals surface area contributed by atoms with Gasteiger partial charge < -0.3 is 95.3 Å². The minimum atomic E-state index is -2.07. The molecule has 458 valence electrons. The molecule has 82 heavy (non-hydrogen) atoms. The molecular formula is C48H74N12O22. The molecule has 2 saturated heterocycles. The third-order valence-corrected chi connectivity index (χ3v) is 12.8. The van der Waals surface area contributed by atoms with Crippen LogP contribution in [0.25, 0.3) is 0 Å². The number of carboxylic acids is 6. The van der Waals surface area contributed by atoms with Crippen molar-refractivity contribution in [2.24, 2.45) is 11.5 Å². The van der Waals surface area contributed by atoms with Gasteiger partial charge in [-0.1, -0.05) is 12.8 Å². The van der Waals surface area contributed by atoms with E-state index in [0.29, 0.717) is 12.8 Å². The summed E-state index contributed by atoms with van der Waals surface area (Å²) in [4.78, 5) is 204. The second kappa shape index (κ2) is 35.9. The first kappa shape index (κ1) is 69.5. The first-order valence-electron chi connectivity index (χ1n) is 26.4. The van der Waals surface area contributed by atoms with Crippen molar-refractivity contribution in [3.05, 3.63) is 0 Å². The van der Waals surface area contributed by atoms with Gasteiger partial charge in [0.05, 0.1) is 12.8 Å². The van der Waals surface area contributed by atoms with Crippen LogP contribution in [-0.2, 0) is 76.7 Å². The Morgan fingerprint density at radius 2 is 0.646 bits per heavy atom. The Morgan fingerprint density at radius 3 is 0.915 bits per heavy atom. The molecule has 2 heterocycles. The SMILES string of the molecule is NCCCC[C@H](NC(=O)[C@H](CCCC[C@H](NC(=O)[C@H](CC(=O)O)NC(=O)[C@H](CCC(=O)O)NC(=O)[C@@H]1CCC(=O)N1)C(=O)N[C@@H](CCCCN)C(=O)O)NC(=O)[C@H](CC(=O)O)NC(=O)[C@H](CCC(=O)O)NC(=O)[C@@H]1CCC(=O)N1)C(=O)O. The fourth-order valence-electron chi connectivity index (χ4n) is 8.38. The molecule has 0 saturated carbocycles. The smallest absolute Gasteiger partial charge is 0.326 e. The number of hydrogen-bond acceptors (Lipinski definition) is 18. The minimum absolute atomic E-state index is 0.0188. The maximum atomic E-state index is 14.0. The van der Waals surface area contributed by atoms with E-state index in [1.807, 2.05) is 0 Å². The van der Waals surface area contributed by atoms with Crippen LogP contribution in [0.15, 0.2) is 0 Å². The number of unbranched alkanes of at least 4 members (excludes halogenated alkanes) is 3. The molecule has 10 atom stereocenters. The van der Waals surface area contributed by atoms with Gasteiger partial charge in [-0.2, -0.15) is 0 Å². The lowest BCUT2D eigenvalue weighted by Gasteiger charge is -2.27. The van der Waals surface area contributed by atoms with Crippen molar-refractivity contribution in [2.75, 3.05) is 13.1 Å². The number of hydrogen-bond donors (Lipinski definition) is 18. The first-order valence-corrected chi connectivity index (χ1v) is 26.4. The Kier molecular flexibility index (Phi) is 30.5. The van der Waals surface area contributed by atoms with Crippen molar-refractivity contribution < 1.29 is 107 Å². The molecule has 34 nitrogen and oxygen atoms in total. The average Bonchev–Trinajstić information content (AvgIpc) is 4.12. The highest BCUT2D eigenvalue weighted by atomic mass is 16.4. The van der Waals surface area contributed by atoms with E-state index in [0.717, 1.165) is 0 Å². The standard InChI is InChI=1S/C48H74N12O22/c49-19-5-3-9-29(47(79)80)57-39(71)23(53-45(77)31(21-37(67)68)59-43(75)27(13-17-35(63)64)55-41(73)25-11-15-33(61)51-25)7-1-2-8-24(40(72)58-30(48(81)82)10-4-6-20-50)54-46(78)32(22-38(69)70)60-44(76)28(14-18-36(65)66)56-42(74)26-12-16-34(62)52-26/h23-32H,1-22,49-50H2,(H,51,61)(H,52,62)(H,53,77)(H,54,78)(H,55,73)(H,56,74)(H,57,71)(H,58,72)(H,59,75)(H,60,76)(H,63,64)(H,65,66)(H,67,68)(H,69,70)(H,79,80)(H,81,82)/t23-,24-,25-,26-,27-,28-,29-,30-,31-,32-/m0/s1. The molecule has 0 aromatic carbocycles. The zero-order valence-corrected chi connectivity index (χ0v) is 44.7. The molecule has 0 aliphatic carbocycles. The quantitative estimate of drug-likeness (QED) is 0.0254. The number of amides is 10. The summed E-state index contributed by atoms with van der Waals surface area (Å²) in [6.45, 7) is 0.316. The molecule has 20 N–H and O–H groups in total. The molecule has 2 aliphatic heterocycles. The lowest BCUT2D eigenvalue weighted by atomic mass is 10.0. The first-order chi connectivity index (χ1) is 38.6. The van der Waals surface area contributed by atoms with Crippen molar-refractivity contribution in [2.45, 2.75) is 189 Å². The van der Waals surface area contributed by atoms with E-state index in [1.54, 1.807) is 0 Å². The van der Waals surface area contributed by atoms with Gasteiger partial charge in [0, 0.05) is 25.7 Å². The molecule has 0 radical (unpaired) electrons. The summed E-state index contributed by atoms with van der Waals surface area (Å²) in [7, 11) is 0.